The summed E-state index contributed by atoms with van der Waals surface area (Å²) < 4.78 is 16.6. The van der Waals surface area contributed by atoms with Gasteiger partial charge in [-0.1, -0.05) is 0 Å². The summed E-state index contributed by atoms with van der Waals surface area (Å²) in [7, 11) is -4.88. The summed E-state index contributed by atoms with van der Waals surface area (Å²) in [5, 5.41) is 37.3. The van der Waals surface area contributed by atoms with Gasteiger partial charge in [-0.15, -0.1) is 0 Å². The number of imidazole rings is 1. The molecule has 1 saturated heterocycles. The van der Waals surface area contributed by atoms with Crippen LogP contribution in [0.2, 0.25) is 0 Å². The first-order chi connectivity index (χ1) is 10.1. The smallest absolute Gasteiger partial charge is 0.376 e. The second-order valence-corrected chi connectivity index (χ2v) is 6.31. The lowest BCUT2D eigenvalue weighted by molar-refractivity contribution is -0.136. The predicted octanol–water partition coefficient (Wildman–Crippen LogP) is -3.01. The number of aromatic nitrogens is 2. The van der Waals surface area contributed by atoms with Gasteiger partial charge in [0.1, 0.15) is 36.7 Å². The summed E-state index contributed by atoms with van der Waals surface area (Å²) in [5.74, 6) is -1.52. The van der Waals surface area contributed by atoms with Crippen molar-refractivity contribution in [2.75, 3.05) is 6.61 Å². The van der Waals surface area contributed by atoms with Crippen molar-refractivity contribution < 1.29 is 44.3 Å². The second-order valence-electron chi connectivity index (χ2n) is 4.79. The number of H-pyrrole nitrogens is 1. The Morgan fingerprint density at radius 1 is 1.32 bits per heavy atom. The van der Waals surface area contributed by atoms with Crippen LogP contribution < -0.4 is 5.44 Å². The molecule has 0 bridgehead atoms. The number of nitrogens with zero attached hydrogens (tertiary/aromatic N) is 1. The van der Waals surface area contributed by atoms with Gasteiger partial charge >= 0.3 is 13.6 Å². The minimum Gasteiger partial charge on any atom is -0.481 e. The summed E-state index contributed by atoms with van der Waals surface area (Å²) in [5.41, 5.74) is -1.09. The Hall–Kier alpha value is -1.33. The molecule has 1 aliphatic heterocycles. The van der Waals surface area contributed by atoms with Crippen molar-refractivity contribution in [3.63, 3.8) is 0 Å². The highest BCUT2D eigenvalue weighted by Crippen LogP contribution is 2.39. The number of carbonyl (C=O) groups is 1. The third-order valence-corrected chi connectivity index (χ3v) is 4.07. The molecule has 0 radical (unpaired) electrons. The van der Waals surface area contributed by atoms with E-state index in [0.29, 0.717) is 0 Å². The number of carboxylic acids is 1. The predicted molar refractivity (Wildman–Crippen MR) is 68.3 cm³/mol. The monoisotopic (exact) mass is 338 g/mol. The number of carboxylic acid groups (broad SMARTS) is 1. The molecule has 1 aromatic rings. The van der Waals surface area contributed by atoms with Crippen molar-refractivity contribution in [3.05, 3.63) is 11.5 Å². The molecule has 0 amide bonds. The van der Waals surface area contributed by atoms with Crippen molar-refractivity contribution in [3.8, 4) is 0 Å². The van der Waals surface area contributed by atoms with Gasteiger partial charge in [-0.05, 0) is 0 Å². The van der Waals surface area contributed by atoms with Gasteiger partial charge in [0.25, 0.3) is 0 Å². The number of nitrogens with one attached hydrogen (secondary N) is 1. The molecule has 0 aromatic carbocycles. The number of hydrogen-bond donors (Lipinski definition) is 7. The first kappa shape index (κ1) is 17.0. The van der Waals surface area contributed by atoms with Gasteiger partial charge in [0, 0.05) is 0 Å². The van der Waals surface area contributed by atoms with Crippen LogP contribution in [0.1, 0.15) is 17.6 Å². The van der Waals surface area contributed by atoms with Crippen LogP contribution in [0.15, 0.2) is 0 Å². The molecular formula is C10H15N2O9P. The number of ether oxygens (including phenoxy) is 1. The summed E-state index contributed by atoms with van der Waals surface area (Å²) in [6, 6.07) is 0. The number of rotatable bonds is 5. The number of hydrogen-bond acceptors (Lipinski definition) is 7. The van der Waals surface area contributed by atoms with E-state index in [2.05, 4.69) is 9.97 Å². The first-order valence-corrected chi connectivity index (χ1v) is 7.75. The molecule has 124 valence electrons. The van der Waals surface area contributed by atoms with E-state index in [4.69, 9.17) is 14.9 Å². The van der Waals surface area contributed by atoms with Gasteiger partial charge < -0.3 is 39.9 Å². The van der Waals surface area contributed by atoms with E-state index in [-0.39, 0.29) is 11.5 Å². The fourth-order valence-electron chi connectivity index (χ4n) is 2.21. The van der Waals surface area contributed by atoms with E-state index in [0.717, 1.165) is 0 Å². The summed E-state index contributed by atoms with van der Waals surface area (Å²) in [6.07, 6.45) is -6.19. The van der Waals surface area contributed by atoms with E-state index in [9.17, 15) is 29.4 Å². The van der Waals surface area contributed by atoms with E-state index < -0.39 is 56.4 Å². The van der Waals surface area contributed by atoms with E-state index >= 15 is 0 Å². The molecule has 1 unspecified atom stereocenters. The molecule has 12 heteroatoms. The van der Waals surface area contributed by atoms with Crippen LogP contribution in [0.3, 0.4) is 0 Å². The summed E-state index contributed by atoms with van der Waals surface area (Å²) in [4.78, 5) is 35.2. The minimum atomic E-state index is -4.88. The largest absolute Gasteiger partial charge is 0.481 e. The highest BCUT2D eigenvalue weighted by molar-refractivity contribution is 7.60. The van der Waals surface area contributed by atoms with Crippen molar-refractivity contribution in [2.24, 2.45) is 0 Å². The number of aliphatic carboxylic acids is 1. The highest BCUT2D eigenvalue weighted by atomic mass is 31.2. The van der Waals surface area contributed by atoms with Crippen LogP contribution in [0.5, 0.6) is 0 Å². The third kappa shape index (κ3) is 3.20. The second kappa shape index (κ2) is 6.05. The van der Waals surface area contributed by atoms with Crippen LogP contribution in [0, 0.1) is 0 Å². The maximum absolute atomic E-state index is 11.5. The van der Waals surface area contributed by atoms with Gasteiger partial charge in [0.05, 0.1) is 12.3 Å². The fraction of sp³-hybridized carbons (Fsp3) is 0.600. The molecule has 0 aliphatic carbocycles. The number of aliphatic hydroxyl groups excluding tert-OH is 3. The number of aliphatic hydroxyl groups is 3. The molecule has 22 heavy (non-hydrogen) atoms. The molecule has 0 spiro atoms. The molecule has 11 nitrogen and oxygen atoms in total. The summed E-state index contributed by atoms with van der Waals surface area (Å²) >= 11 is 0. The Labute approximate surface area is 123 Å². The average Bonchev–Trinajstić information content (AvgIpc) is 2.92. The van der Waals surface area contributed by atoms with Crippen LogP contribution >= 0.6 is 7.60 Å². The van der Waals surface area contributed by atoms with Crippen molar-refractivity contribution in [1.82, 2.24) is 9.97 Å². The summed E-state index contributed by atoms with van der Waals surface area (Å²) in [6.45, 7) is -0.615. The molecule has 1 fully saturated rings. The molecule has 1 aromatic heterocycles. The van der Waals surface area contributed by atoms with Crippen LogP contribution in [0.4, 0.5) is 0 Å². The van der Waals surface area contributed by atoms with Gasteiger partial charge in [-0.25, -0.2) is 4.98 Å². The fourth-order valence-corrected chi connectivity index (χ4v) is 2.96. The molecular weight excluding hydrogens is 323 g/mol. The minimum absolute atomic E-state index is 0.237. The topological polar surface area (TPSA) is 193 Å². The van der Waals surface area contributed by atoms with Crippen LogP contribution in [-0.2, 0) is 20.5 Å². The Bertz CT molecular complexity index is 612. The van der Waals surface area contributed by atoms with Gasteiger partial charge in [-0.3, -0.25) is 9.36 Å². The van der Waals surface area contributed by atoms with E-state index in [1.54, 1.807) is 0 Å². The molecule has 0 saturated carbocycles. The quantitative estimate of drug-likeness (QED) is 0.272. The molecule has 2 rings (SSSR count). The zero-order valence-corrected chi connectivity index (χ0v) is 11.9. The van der Waals surface area contributed by atoms with Crippen molar-refractivity contribution in [2.45, 2.75) is 30.8 Å². The van der Waals surface area contributed by atoms with Crippen molar-refractivity contribution in [1.29, 1.82) is 0 Å². The number of aromatic amines is 1. The molecule has 2 heterocycles. The molecule has 1 aliphatic rings. The molecule has 4 atom stereocenters. The SMILES string of the molecule is O=C(O)Cc1nc(P(=O)(O)O)c(C2O[C@H](CO)[C@@H](O)[C@H]2O)[nH]1. The lowest BCUT2D eigenvalue weighted by atomic mass is 10.1. The van der Waals surface area contributed by atoms with Crippen LogP contribution in [-0.4, -0.2) is 71.1 Å². The van der Waals surface area contributed by atoms with E-state index in [1.165, 1.54) is 0 Å². The molecule has 7 N–H and O–H groups in total. The van der Waals surface area contributed by atoms with E-state index in [1.807, 2.05) is 0 Å². The Balaban J connectivity index is 2.43. The first-order valence-electron chi connectivity index (χ1n) is 6.14. The average molecular weight is 338 g/mol. The Morgan fingerprint density at radius 2 is 1.95 bits per heavy atom. The lowest BCUT2D eigenvalue weighted by Crippen LogP contribution is -2.33. The maximum atomic E-state index is 11.5. The third-order valence-electron chi connectivity index (χ3n) is 3.18. The standard InChI is InChI=1S/C10H15N2O9P/c13-2-3-7(16)8(17)9(21-3)6-10(22(18,19)20)12-4(11-6)1-5(14)15/h3,7-9,13,16-17H,1-2H2,(H,11,12)(H,14,15)(H2,18,19,20)/t3-,7-,8-,9?/m1/s1. The highest BCUT2D eigenvalue weighted by Gasteiger charge is 2.46. The van der Waals surface area contributed by atoms with Gasteiger partial charge in [-0.2, -0.15) is 0 Å². The Morgan fingerprint density at radius 3 is 2.41 bits per heavy atom. The maximum Gasteiger partial charge on any atom is 0.376 e. The van der Waals surface area contributed by atoms with Gasteiger partial charge in [0.2, 0.25) is 0 Å². The van der Waals surface area contributed by atoms with Gasteiger partial charge in [0.15, 0.2) is 5.44 Å². The normalized spacial score (nSPS) is 29.0. The Kier molecular flexibility index (Phi) is 4.68. The lowest BCUT2D eigenvalue weighted by Gasteiger charge is -2.14. The zero-order chi connectivity index (χ0) is 16.7. The van der Waals surface area contributed by atoms with Crippen LogP contribution in [0.25, 0.3) is 0 Å². The van der Waals surface area contributed by atoms with Crippen molar-refractivity contribution >= 4 is 19.0 Å². The zero-order valence-electron chi connectivity index (χ0n) is 11.0.